The lowest BCUT2D eigenvalue weighted by Crippen LogP contribution is -2.40. The predicted molar refractivity (Wildman–Crippen MR) is 141 cm³/mol. The Balaban J connectivity index is 1.71. The molecule has 4 N–H and O–H groups in total. The third-order valence-electron chi connectivity index (χ3n) is 5.49. The maximum Gasteiger partial charge on any atom is 0.341 e. The Hall–Kier alpha value is -3.61. The Labute approximate surface area is 213 Å². The Morgan fingerprint density at radius 2 is 1.89 bits per heavy atom. The summed E-state index contributed by atoms with van der Waals surface area (Å²) >= 11 is 2.16. The molecule has 0 fully saturated rings. The quantitative estimate of drug-likeness (QED) is 0.201. The summed E-state index contributed by atoms with van der Waals surface area (Å²) in [6.45, 7) is 2.15. The first kappa shape index (κ1) is 24.5. The van der Waals surface area contributed by atoms with Crippen molar-refractivity contribution in [1.82, 2.24) is 19.1 Å². The summed E-state index contributed by atoms with van der Waals surface area (Å²) < 4.78 is 8.84. The zero-order valence-corrected chi connectivity index (χ0v) is 21.1. The maximum absolute atomic E-state index is 13.3. The van der Waals surface area contributed by atoms with Gasteiger partial charge in [-0.15, -0.1) is 0 Å². The van der Waals surface area contributed by atoms with Crippen molar-refractivity contribution in [3.8, 4) is 17.1 Å². The summed E-state index contributed by atoms with van der Waals surface area (Å²) in [5.41, 5.74) is 7.96. The van der Waals surface area contributed by atoms with Crippen LogP contribution in [0.4, 0.5) is 5.69 Å². The number of nitrogens with two attached hydrogens (primary N) is 1. The number of carbonyl (C=O) groups is 1. The van der Waals surface area contributed by atoms with E-state index in [-0.39, 0.29) is 12.1 Å². The highest BCUT2D eigenvalue weighted by atomic mass is 127. The number of H-pyrrole nitrogens is 1. The van der Waals surface area contributed by atoms with Crippen molar-refractivity contribution in [1.29, 1.82) is 0 Å². The molecule has 10 nitrogen and oxygen atoms in total. The fraction of sp³-hybridized carbons (Fsp3) is 0.250. The summed E-state index contributed by atoms with van der Waals surface area (Å²) in [5, 5.41) is 8.75. The number of hydrogen-bond donors (Lipinski definition) is 3. The number of benzene rings is 2. The Morgan fingerprint density at radius 1 is 1.14 bits per heavy atom. The smallest absolute Gasteiger partial charge is 0.341 e. The molecule has 0 aliphatic carbocycles. The van der Waals surface area contributed by atoms with Crippen LogP contribution >= 0.6 is 22.6 Å². The fourth-order valence-electron chi connectivity index (χ4n) is 3.75. The van der Waals surface area contributed by atoms with Crippen molar-refractivity contribution in [2.75, 3.05) is 12.3 Å². The van der Waals surface area contributed by atoms with Gasteiger partial charge in [-0.25, -0.2) is 14.6 Å². The molecule has 0 atom stereocenters. The van der Waals surface area contributed by atoms with Crippen LogP contribution in [0.1, 0.15) is 18.9 Å². The molecule has 2 aromatic heterocycles. The number of carboxylic acid groups (broad SMARTS) is 1. The maximum atomic E-state index is 13.3. The van der Waals surface area contributed by atoms with E-state index >= 15 is 0 Å². The van der Waals surface area contributed by atoms with Crippen molar-refractivity contribution in [3.05, 3.63) is 72.4 Å². The Morgan fingerprint density at radius 3 is 2.54 bits per heavy atom. The van der Waals surface area contributed by atoms with E-state index in [1.165, 1.54) is 9.13 Å². The van der Waals surface area contributed by atoms with Gasteiger partial charge >= 0.3 is 11.7 Å². The van der Waals surface area contributed by atoms with Crippen LogP contribution in [0.25, 0.3) is 22.6 Å². The van der Waals surface area contributed by atoms with Gasteiger partial charge in [-0.3, -0.25) is 13.9 Å². The third kappa shape index (κ3) is 5.24. The molecule has 11 heteroatoms. The number of fused-ring (bicyclic) bond motifs is 1. The number of aliphatic carboxylic acids is 1. The number of nitrogen functional groups attached to an aromatic ring is 1. The average Bonchev–Trinajstić information content (AvgIpc) is 3.28. The van der Waals surface area contributed by atoms with Gasteiger partial charge < -0.3 is 20.6 Å². The van der Waals surface area contributed by atoms with Gasteiger partial charge in [0, 0.05) is 27.9 Å². The number of rotatable bonds is 9. The van der Waals surface area contributed by atoms with E-state index < -0.39 is 23.8 Å². The number of nitrogens with one attached hydrogen (secondary N) is 1. The molecule has 0 aliphatic rings. The minimum atomic E-state index is -1.07. The first-order valence-electron chi connectivity index (χ1n) is 11.0. The summed E-state index contributed by atoms with van der Waals surface area (Å²) in [5.74, 6) is -0.241. The van der Waals surface area contributed by atoms with Crippen LogP contribution in [0, 0.1) is 3.57 Å². The fourth-order valence-corrected chi connectivity index (χ4v) is 4.33. The van der Waals surface area contributed by atoms with E-state index in [2.05, 4.69) is 32.6 Å². The standard InChI is InChI=1S/C24H24IN5O5/c1-2-10-29-22-20(27-21(28-22)15-4-6-16(7-5-15)35-13-19(31)32)23(33)30(24(29)34)11-9-14-3-8-18(26)17(25)12-14/h3-8,12H,2,9-11,13,26H2,1H3,(H,27,28)(H,31,32). The van der Waals surface area contributed by atoms with Crippen LogP contribution in [0.3, 0.4) is 0 Å². The van der Waals surface area contributed by atoms with Crippen LogP contribution in [0.15, 0.2) is 52.1 Å². The monoisotopic (exact) mass is 589 g/mol. The van der Waals surface area contributed by atoms with Crippen LogP contribution in [0.5, 0.6) is 5.75 Å². The number of aromatic nitrogens is 4. The van der Waals surface area contributed by atoms with Gasteiger partial charge in [-0.1, -0.05) is 13.0 Å². The largest absolute Gasteiger partial charge is 0.482 e. The molecule has 35 heavy (non-hydrogen) atoms. The van der Waals surface area contributed by atoms with Crippen LogP contribution in [0.2, 0.25) is 0 Å². The van der Waals surface area contributed by atoms with E-state index in [0.717, 1.165) is 9.13 Å². The van der Waals surface area contributed by atoms with Crippen LogP contribution in [-0.2, 0) is 24.3 Å². The number of nitrogens with zero attached hydrogens (tertiary/aromatic N) is 3. The lowest BCUT2D eigenvalue weighted by molar-refractivity contribution is -0.139. The van der Waals surface area contributed by atoms with Gasteiger partial charge in [0.2, 0.25) is 0 Å². The van der Waals surface area contributed by atoms with E-state index in [0.29, 0.717) is 47.9 Å². The number of aryl methyl sites for hydroxylation is 2. The summed E-state index contributed by atoms with van der Waals surface area (Å²) in [7, 11) is 0. The highest BCUT2D eigenvalue weighted by molar-refractivity contribution is 14.1. The molecule has 4 rings (SSSR count). The first-order valence-corrected chi connectivity index (χ1v) is 12.1. The highest BCUT2D eigenvalue weighted by Gasteiger charge is 2.18. The zero-order valence-electron chi connectivity index (χ0n) is 19.0. The van der Waals surface area contributed by atoms with E-state index in [4.69, 9.17) is 15.6 Å². The minimum Gasteiger partial charge on any atom is -0.482 e. The number of imidazole rings is 1. The topological polar surface area (TPSA) is 145 Å². The number of hydrogen-bond acceptors (Lipinski definition) is 6. The summed E-state index contributed by atoms with van der Waals surface area (Å²) in [6, 6.07) is 12.3. The van der Waals surface area contributed by atoms with Crippen LogP contribution < -0.4 is 21.7 Å². The normalized spacial score (nSPS) is 11.1. The van der Waals surface area contributed by atoms with Crippen LogP contribution in [-0.4, -0.2) is 36.8 Å². The second-order valence-electron chi connectivity index (χ2n) is 7.99. The molecule has 0 saturated heterocycles. The molecule has 0 aliphatic heterocycles. The lowest BCUT2D eigenvalue weighted by Gasteiger charge is -2.11. The second kappa shape index (κ2) is 10.3. The molecule has 2 aromatic carbocycles. The molecule has 0 saturated carbocycles. The van der Waals surface area contributed by atoms with Crippen molar-refractivity contribution in [2.24, 2.45) is 0 Å². The van der Waals surface area contributed by atoms with Crippen molar-refractivity contribution < 1.29 is 14.6 Å². The molecule has 0 unspecified atom stereocenters. The van der Waals surface area contributed by atoms with Gasteiger partial charge in [0.15, 0.2) is 12.3 Å². The number of halogens is 1. The predicted octanol–water partition coefficient (Wildman–Crippen LogP) is 2.86. The molecule has 0 amide bonds. The van der Waals surface area contributed by atoms with Gasteiger partial charge in [0.25, 0.3) is 5.56 Å². The molecule has 0 bridgehead atoms. The second-order valence-corrected chi connectivity index (χ2v) is 9.15. The Bertz CT molecular complexity index is 1500. The van der Waals surface area contributed by atoms with Gasteiger partial charge in [-0.2, -0.15) is 0 Å². The first-order chi connectivity index (χ1) is 16.8. The molecule has 182 valence electrons. The van der Waals surface area contributed by atoms with Crippen molar-refractivity contribution in [2.45, 2.75) is 32.9 Å². The number of carboxylic acids is 1. The summed E-state index contributed by atoms with van der Waals surface area (Å²) in [4.78, 5) is 44.8. The molecule has 0 spiro atoms. The van der Waals surface area contributed by atoms with Crippen molar-refractivity contribution in [3.63, 3.8) is 0 Å². The minimum absolute atomic E-state index is 0.223. The van der Waals surface area contributed by atoms with Gasteiger partial charge in [0.05, 0.1) is 0 Å². The van der Waals surface area contributed by atoms with Gasteiger partial charge in [-0.05, 0) is 77.4 Å². The van der Waals surface area contributed by atoms with Gasteiger partial charge in [0.1, 0.15) is 17.1 Å². The SMILES string of the molecule is CCCn1c(=O)n(CCc2ccc(N)c(I)c2)c(=O)c2[nH]c(-c3ccc(OCC(=O)O)cc3)nc21. The Kier molecular flexibility index (Phi) is 7.24. The van der Waals surface area contributed by atoms with E-state index in [9.17, 15) is 14.4 Å². The molecular formula is C24H24IN5O5. The lowest BCUT2D eigenvalue weighted by atomic mass is 10.1. The number of aromatic amines is 1. The van der Waals surface area contributed by atoms with E-state index in [1.54, 1.807) is 24.3 Å². The molecule has 0 radical (unpaired) electrons. The molecule has 4 aromatic rings. The highest BCUT2D eigenvalue weighted by Crippen LogP contribution is 2.22. The molecular weight excluding hydrogens is 565 g/mol. The molecule has 2 heterocycles. The number of ether oxygens (including phenoxy) is 1. The van der Waals surface area contributed by atoms with E-state index in [1.807, 2.05) is 25.1 Å². The average molecular weight is 589 g/mol. The summed E-state index contributed by atoms with van der Waals surface area (Å²) in [6.07, 6.45) is 1.20. The number of anilines is 1. The third-order valence-corrected chi connectivity index (χ3v) is 6.42. The zero-order chi connectivity index (χ0) is 25.1. The van der Waals surface area contributed by atoms with Crippen molar-refractivity contribution >= 4 is 45.4 Å².